The highest BCUT2D eigenvalue weighted by Gasteiger charge is 2.24. The van der Waals surface area contributed by atoms with Crippen LogP contribution in [0.2, 0.25) is 5.02 Å². The fourth-order valence-corrected chi connectivity index (χ4v) is 3.70. The van der Waals surface area contributed by atoms with Crippen molar-refractivity contribution >= 4 is 21.4 Å². The summed E-state index contributed by atoms with van der Waals surface area (Å²) < 4.78 is 39.8. The summed E-state index contributed by atoms with van der Waals surface area (Å²) in [6, 6.07) is 5.30. The van der Waals surface area contributed by atoms with E-state index in [0.29, 0.717) is 23.0 Å². The summed E-state index contributed by atoms with van der Waals surface area (Å²) >= 11 is 6.08. The lowest BCUT2D eigenvalue weighted by molar-refractivity contribution is 0.562. The number of aromatic nitrogens is 2. The van der Waals surface area contributed by atoms with E-state index < -0.39 is 15.7 Å². The Labute approximate surface area is 122 Å². The zero-order chi connectivity index (χ0) is 14.9. The van der Waals surface area contributed by atoms with Gasteiger partial charge in [-0.15, -0.1) is 0 Å². The van der Waals surface area contributed by atoms with Gasteiger partial charge < -0.3 is 0 Å². The van der Waals surface area contributed by atoms with Crippen molar-refractivity contribution in [3.8, 4) is 0 Å². The first-order valence-electron chi connectivity index (χ1n) is 6.06. The minimum absolute atomic E-state index is 0.312. The fourth-order valence-electron chi connectivity index (χ4n) is 1.96. The maximum absolute atomic E-state index is 13.6. The van der Waals surface area contributed by atoms with Crippen LogP contribution in [0.25, 0.3) is 0 Å². The molecule has 7 heteroatoms. The molecular weight excluding hydrogens is 303 g/mol. The number of hydrogen-bond donors (Lipinski definition) is 0. The molecule has 20 heavy (non-hydrogen) atoms. The second-order valence-corrected chi connectivity index (χ2v) is 6.69. The lowest BCUT2D eigenvalue weighted by Crippen LogP contribution is -2.12. The van der Waals surface area contributed by atoms with E-state index in [1.165, 1.54) is 22.9 Å². The molecule has 0 atom stereocenters. The Morgan fingerprint density at radius 2 is 2.00 bits per heavy atom. The molecule has 1 aromatic heterocycles. The topological polar surface area (TPSA) is 52.0 Å². The first-order valence-corrected chi connectivity index (χ1v) is 8.09. The molecule has 0 aliphatic heterocycles. The summed E-state index contributed by atoms with van der Waals surface area (Å²) in [5.74, 6) is -1.13. The van der Waals surface area contributed by atoms with Gasteiger partial charge in [-0.2, -0.15) is 5.10 Å². The van der Waals surface area contributed by atoms with Crippen LogP contribution in [-0.4, -0.2) is 18.2 Å². The first kappa shape index (κ1) is 15.0. The third kappa shape index (κ3) is 2.71. The standard InChI is InChI=1S/C13H14ClFN2O2S/c1-3-17-11(13(14)9(2)16-17)8-20(18,19)12-7-5-4-6-10(12)15/h4-7H,3,8H2,1-2H3. The molecule has 0 N–H and O–H groups in total. The predicted octanol–water partition coefficient (Wildman–Crippen LogP) is 2.98. The molecule has 0 radical (unpaired) electrons. The van der Waals surface area contributed by atoms with Crippen LogP contribution in [0.5, 0.6) is 0 Å². The van der Waals surface area contributed by atoms with Crippen molar-refractivity contribution in [2.24, 2.45) is 0 Å². The minimum atomic E-state index is -3.81. The zero-order valence-corrected chi connectivity index (χ0v) is 12.7. The number of halogens is 2. The number of aryl methyl sites for hydroxylation is 2. The molecule has 0 fully saturated rings. The van der Waals surface area contributed by atoms with Gasteiger partial charge in [-0.1, -0.05) is 23.7 Å². The van der Waals surface area contributed by atoms with E-state index in [4.69, 9.17) is 11.6 Å². The maximum Gasteiger partial charge on any atom is 0.186 e. The molecule has 0 unspecified atom stereocenters. The quantitative estimate of drug-likeness (QED) is 0.871. The van der Waals surface area contributed by atoms with Gasteiger partial charge in [0.15, 0.2) is 9.84 Å². The van der Waals surface area contributed by atoms with E-state index >= 15 is 0 Å². The Balaban J connectivity index is 2.47. The summed E-state index contributed by atoms with van der Waals surface area (Å²) in [7, 11) is -3.81. The van der Waals surface area contributed by atoms with Gasteiger partial charge in [-0.3, -0.25) is 4.68 Å². The smallest absolute Gasteiger partial charge is 0.186 e. The normalized spacial score (nSPS) is 11.8. The van der Waals surface area contributed by atoms with Crippen LogP contribution in [0.15, 0.2) is 29.2 Å². The third-order valence-electron chi connectivity index (χ3n) is 2.95. The average Bonchev–Trinajstić information content (AvgIpc) is 2.66. The molecule has 2 rings (SSSR count). The molecule has 2 aromatic rings. The Morgan fingerprint density at radius 1 is 1.35 bits per heavy atom. The molecule has 1 heterocycles. The lowest BCUT2D eigenvalue weighted by Gasteiger charge is -2.08. The van der Waals surface area contributed by atoms with Crippen LogP contribution in [0.3, 0.4) is 0 Å². The Bertz CT molecular complexity index is 741. The SMILES string of the molecule is CCn1nc(C)c(Cl)c1CS(=O)(=O)c1ccccc1F. The van der Waals surface area contributed by atoms with Gasteiger partial charge >= 0.3 is 0 Å². The van der Waals surface area contributed by atoms with Gasteiger partial charge in [0.05, 0.1) is 22.2 Å². The largest absolute Gasteiger partial charge is 0.267 e. The second kappa shape index (κ2) is 5.54. The van der Waals surface area contributed by atoms with Crippen molar-refractivity contribution in [1.29, 1.82) is 0 Å². The van der Waals surface area contributed by atoms with Crippen LogP contribution in [0, 0.1) is 12.7 Å². The first-order chi connectivity index (χ1) is 9.36. The highest BCUT2D eigenvalue weighted by atomic mass is 35.5. The number of rotatable bonds is 4. The van der Waals surface area contributed by atoms with Crippen molar-refractivity contribution in [2.45, 2.75) is 31.0 Å². The average molecular weight is 317 g/mol. The molecule has 0 amide bonds. The van der Waals surface area contributed by atoms with E-state index in [1.807, 2.05) is 6.92 Å². The summed E-state index contributed by atoms with van der Waals surface area (Å²) in [6.07, 6.45) is 0. The van der Waals surface area contributed by atoms with Gasteiger partial charge in [0.2, 0.25) is 0 Å². The highest BCUT2D eigenvalue weighted by molar-refractivity contribution is 7.90. The van der Waals surface area contributed by atoms with Gasteiger partial charge in [-0.25, -0.2) is 12.8 Å². The van der Waals surface area contributed by atoms with Crippen LogP contribution < -0.4 is 0 Å². The van der Waals surface area contributed by atoms with Crippen molar-refractivity contribution in [1.82, 2.24) is 9.78 Å². The minimum Gasteiger partial charge on any atom is -0.267 e. The molecule has 0 aliphatic rings. The molecule has 4 nitrogen and oxygen atoms in total. The number of hydrogen-bond acceptors (Lipinski definition) is 3. The molecule has 0 spiro atoms. The lowest BCUT2D eigenvalue weighted by atomic mass is 10.3. The Hall–Kier alpha value is -1.40. The van der Waals surface area contributed by atoms with E-state index in [0.717, 1.165) is 6.07 Å². The van der Waals surface area contributed by atoms with Crippen LogP contribution in [0.1, 0.15) is 18.3 Å². The van der Waals surface area contributed by atoms with Crippen LogP contribution in [-0.2, 0) is 22.1 Å². The maximum atomic E-state index is 13.6. The third-order valence-corrected chi connectivity index (χ3v) is 5.10. The van der Waals surface area contributed by atoms with E-state index in [-0.39, 0.29) is 10.6 Å². The molecular formula is C13H14ClFN2O2S. The molecule has 0 saturated carbocycles. The monoisotopic (exact) mass is 316 g/mol. The number of sulfone groups is 1. The molecule has 0 aliphatic carbocycles. The van der Waals surface area contributed by atoms with E-state index in [9.17, 15) is 12.8 Å². The van der Waals surface area contributed by atoms with Gasteiger partial charge in [0.25, 0.3) is 0 Å². The molecule has 0 bridgehead atoms. The fraction of sp³-hybridized carbons (Fsp3) is 0.308. The van der Waals surface area contributed by atoms with Crippen LogP contribution in [0.4, 0.5) is 4.39 Å². The molecule has 1 aromatic carbocycles. The highest BCUT2D eigenvalue weighted by Crippen LogP contribution is 2.26. The van der Waals surface area contributed by atoms with Crippen molar-refractivity contribution in [3.05, 3.63) is 46.5 Å². The molecule has 0 saturated heterocycles. The van der Waals surface area contributed by atoms with Crippen molar-refractivity contribution in [3.63, 3.8) is 0 Å². The van der Waals surface area contributed by atoms with Gasteiger partial charge in [-0.05, 0) is 26.0 Å². The van der Waals surface area contributed by atoms with Gasteiger partial charge in [0, 0.05) is 6.54 Å². The Morgan fingerprint density at radius 3 is 2.60 bits per heavy atom. The van der Waals surface area contributed by atoms with Crippen molar-refractivity contribution in [2.75, 3.05) is 0 Å². The summed E-state index contributed by atoms with van der Waals surface area (Å²) in [5, 5.41) is 4.47. The second-order valence-electron chi connectivity index (χ2n) is 4.35. The molecule has 108 valence electrons. The number of nitrogens with zero attached hydrogens (tertiary/aromatic N) is 2. The Kier molecular flexibility index (Phi) is 4.15. The number of benzene rings is 1. The summed E-state index contributed by atoms with van der Waals surface area (Å²) in [5.41, 5.74) is 0.946. The van der Waals surface area contributed by atoms with Crippen LogP contribution >= 0.6 is 11.6 Å². The zero-order valence-electron chi connectivity index (χ0n) is 11.1. The van der Waals surface area contributed by atoms with E-state index in [2.05, 4.69) is 5.10 Å². The summed E-state index contributed by atoms with van der Waals surface area (Å²) in [4.78, 5) is -0.322. The van der Waals surface area contributed by atoms with Gasteiger partial charge in [0.1, 0.15) is 10.7 Å². The van der Waals surface area contributed by atoms with E-state index in [1.54, 1.807) is 6.92 Å². The predicted molar refractivity (Wildman–Crippen MR) is 74.9 cm³/mol. The summed E-state index contributed by atoms with van der Waals surface area (Å²) in [6.45, 7) is 4.03. The van der Waals surface area contributed by atoms with Crippen molar-refractivity contribution < 1.29 is 12.8 Å².